The first kappa shape index (κ1) is 15.9. The first-order valence-electron chi connectivity index (χ1n) is 7.46. The van der Waals surface area contributed by atoms with Crippen molar-refractivity contribution in [1.82, 2.24) is 20.2 Å². The van der Waals surface area contributed by atoms with E-state index >= 15 is 0 Å². The fraction of sp³-hybridized carbons (Fsp3) is 0.188. The number of fused-ring (bicyclic) bond motifs is 1. The van der Waals surface area contributed by atoms with Crippen LogP contribution in [0.1, 0.15) is 18.5 Å². The smallest absolute Gasteiger partial charge is 0.314 e. The lowest BCUT2D eigenvalue weighted by Crippen LogP contribution is -2.36. The Morgan fingerprint density at radius 2 is 2.08 bits per heavy atom. The predicted molar refractivity (Wildman–Crippen MR) is 94.6 cm³/mol. The molecule has 0 radical (unpaired) electrons. The molecule has 0 aliphatic carbocycles. The Hall–Kier alpha value is -2.58. The van der Waals surface area contributed by atoms with Gasteiger partial charge < -0.3 is 5.11 Å². The van der Waals surface area contributed by atoms with Crippen LogP contribution >= 0.6 is 22.9 Å². The summed E-state index contributed by atoms with van der Waals surface area (Å²) in [6.07, 6.45) is 0. The fourth-order valence-electron chi connectivity index (χ4n) is 3.10. The number of benzene rings is 1. The Morgan fingerprint density at radius 1 is 1.28 bits per heavy atom. The number of tetrazole rings is 1. The number of nitrogens with zero attached hydrogens (tertiary/aromatic N) is 5. The van der Waals surface area contributed by atoms with E-state index in [1.54, 1.807) is 6.92 Å². The van der Waals surface area contributed by atoms with Gasteiger partial charge in [-0.05, 0) is 40.6 Å². The molecule has 7 nitrogen and oxygen atoms in total. The van der Waals surface area contributed by atoms with Gasteiger partial charge in [0.05, 0.1) is 4.34 Å². The zero-order chi connectivity index (χ0) is 17.6. The molecule has 0 spiro atoms. The first-order chi connectivity index (χ1) is 12.1. The molecule has 0 saturated heterocycles. The van der Waals surface area contributed by atoms with E-state index in [1.807, 2.05) is 36.4 Å². The Balaban J connectivity index is 1.94. The van der Waals surface area contributed by atoms with Gasteiger partial charge >= 0.3 is 5.97 Å². The minimum absolute atomic E-state index is 0.305. The second-order valence-electron chi connectivity index (χ2n) is 5.63. The van der Waals surface area contributed by atoms with Gasteiger partial charge in [-0.1, -0.05) is 41.0 Å². The van der Waals surface area contributed by atoms with Gasteiger partial charge in [0, 0.05) is 10.6 Å². The van der Waals surface area contributed by atoms with Gasteiger partial charge in [-0.15, -0.1) is 11.3 Å². The molecule has 3 heterocycles. The van der Waals surface area contributed by atoms with Crippen LogP contribution < -0.4 is 0 Å². The number of carbonyl (C=O) groups is 1. The third kappa shape index (κ3) is 2.63. The van der Waals surface area contributed by atoms with Gasteiger partial charge in [-0.3, -0.25) is 4.79 Å². The first-order valence-corrected chi connectivity index (χ1v) is 8.66. The highest BCUT2D eigenvalue weighted by Gasteiger charge is 2.40. The number of halogens is 1. The van der Waals surface area contributed by atoms with Crippen molar-refractivity contribution in [3.8, 4) is 10.4 Å². The van der Waals surface area contributed by atoms with Gasteiger partial charge in [-0.2, -0.15) is 0 Å². The standard InChI is InChI=1S/C16H12ClN5O2S/c1-8-13(15(23)24)14(22-16(18-8)19-20-21-22)10-5-3-2-4-9(10)11-6-7-12(17)25-11/h2-7,13-14H,1H3,(H,23,24). The summed E-state index contributed by atoms with van der Waals surface area (Å²) in [5, 5.41) is 21.3. The summed E-state index contributed by atoms with van der Waals surface area (Å²) >= 11 is 7.52. The normalized spacial score (nSPS) is 19.4. The second-order valence-corrected chi connectivity index (χ2v) is 7.34. The second kappa shape index (κ2) is 6.05. The van der Waals surface area contributed by atoms with Crippen molar-refractivity contribution in [3.05, 3.63) is 46.3 Å². The minimum Gasteiger partial charge on any atom is -0.481 e. The Bertz CT molecular complexity index is 996. The molecule has 9 heteroatoms. The van der Waals surface area contributed by atoms with Crippen LogP contribution in [-0.2, 0) is 4.79 Å². The molecule has 1 aliphatic heterocycles. The molecule has 2 unspecified atom stereocenters. The molecule has 1 aliphatic rings. The summed E-state index contributed by atoms with van der Waals surface area (Å²) in [5.74, 6) is -1.52. The number of hydrogen-bond donors (Lipinski definition) is 1. The van der Waals surface area contributed by atoms with E-state index in [-0.39, 0.29) is 0 Å². The lowest BCUT2D eigenvalue weighted by atomic mass is 9.86. The Labute approximate surface area is 151 Å². The minimum atomic E-state index is -0.966. The largest absolute Gasteiger partial charge is 0.481 e. The summed E-state index contributed by atoms with van der Waals surface area (Å²) in [7, 11) is 0. The summed E-state index contributed by atoms with van der Waals surface area (Å²) in [4.78, 5) is 17.1. The lowest BCUT2D eigenvalue weighted by Gasteiger charge is -2.29. The zero-order valence-electron chi connectivity index (χ0n) is 13.0. The van der Waals surface area contributed by atoms with Crippen LogP contribution in [0.4, 0.5) is 5.95 Å². The number of thiophene rings is 1. The molecule has 4 rings (SSSR count). The maximum absolute atomic E-state index is 12.0. The van der Waals surface area contributed by atoms with Gasteiger partial charge in [0.25, 0.3) is 5.95 Å². The number of rotatable bonds is 3. The molecule has 0 bridgehead atoms. The van der Waals surface area contributed by atoms with Crippen LogP contribution in [0.2, 0.25) is 4.34 Å². The third-order valence-corrected chi connectivity index (χ3v) is 5.43. The molecule has 3 aromatic rings. The highest BCUT2D eigenvalue weighted by Crippen LogP contribution is 2.41. The van der Waals surface area contributed by atoms with Crippen molar-refractivity contribution < 1.29 is 9.90 Å². The molecular formula is C16H12ClN5O2S. The van der Waals surface area contributed by atoms with E-state index in [9.17, 15) is 9.90 Å². The summed E-state index contributed by atoms with van der Waals surface area (Å²) in [6.45, 7) is 1.69. The SMILES string of the molecule is CC1=Nc2nnnn2C(c2ccccc2-c2ccc(Cl)s2)C1C(=O)O. The van der Waals surface area contributed by atoms with E-state index in [2.05, 4.69) is 20.5 Å². The zero-order valence-corrected chi connectivity index (χ0v) is 14.6. The van der Waals surface area contributed by atoms with Crippen LogP contribution in [0.25, 0.3) is 10.4 Å². The van der Waals surface area contributed by atoms with Crippen molar-refractivity contribution >= 4 is 40.6 Å². The average Bonchev–Trinajstić information content (AvgIpc) is 3.22. The van der Waals surface area contributed by atoms with E-state index in [1.165, 1.54) is 16.0 Å². The van der Waals surface area contributed by atoms with Gasteiger partial charge in [0.1, 0.15) is 12.0 Å². The number of aromatic nitrogens is 4. The molecule has 2 aromatic heterocycles. The molecule has 0 saturated carbocycles. The molecule has 1 aromatic carbocycles. The van der Waals surface area contributed by atoms with E-state index in [0.29, 0.717) is 16.0 Å². The number of hydrogen-bond acceptors (Lipinski definition) is 6. The van der Waals surface area contributed by atoms with Crippen molar-refractivity contribution in [2.75, 3.05) is 0 Å². The van der Waals surface area contributed by atoms with Crippen LogP contribution in [-0.4, -0.2) is 37.0 Å². The third-order valence-electron chi connectivity index (χ3n) is 4.17. The number of carboxylic acids is 1. The van der Waals surface area contributed by atoms with Crippen LogP contribution in [0.5, 0.6) is 0 Å². The summed E-state index contributed by atoms with van der Waals surface area (Å²) in [6, 6.07) is 10.8. The molecule has 2 atom stereocenters. The fourth-order valence-corrected chi connectivity index (χ4v) is 4.19. The summed E-state index contributed by atoms with van der Waals surface area (Å²) in [5.41, 5.74) is 2.20. The van der Waals surface area contributed by atoms with E-state index in [4.69, 9.17) is 11.6 Å². The number of carboxylic acid groups (broad SMARTS) is 1. The van der Waals surface area contributed by atoms with Crippen LogP contribution in [0.3, 0.4) is 0 Å². The predicted octanol–water partition coefficient (Wildman–Crippen LogP) is 3.45. The molecule has 1 N–H and O–H groups in total. The highest BCUT2D eigenvalue weighted by molar-refractivity contribution is 7.19. The Morgan fingerprint density at radius 3 is 2.80 bits per heavy atom. The number of aliphatic carboxylic acids is 1. The Kier molecular flexibility index (Phi) is 3.85. The summed E-state index contributed by atoms with van der Waals surface area (Å²) < 4.78 is 2.14. The van der Waals surface area contributed by atoms with Gasteiger partial charge in [-0.25, -0.2) is 9.67 Å². The highest BCUT2D eigenvalue weighted by atomic mass is 35.5. The van der Waals surface area contributed by atoms with Gasteiger partial charge in [0.2, 0.25) is 0 Å². The molecular weight excluding hydrogens is 362 g/mol. The van der Waals surface area contributed by atoms with Crippen molar-refractivity contribution in [2.24, 2.45) is 10.9 Å². The average molecular weight is 374 g/mol. The van der Waals surface area contributed by atoms with Crippen molar-refractivity contribution in [3.63, 3.8) is 0 Å². The van der Waals surface area contributed by atoms with Crippen LogP contribution in [0, 0.1) is 5.92 Å². The van der Waals surface area contributed by atoms with E-state index in [0.717, 1.165) is 16.0 Å². The molecule has 0 amide bonds. The maximum atomic E-state index is 12.0. The van der Waals surface area contributed by atoms with Crippen molar-refractivity contribution in [2.45, 2.75) is 13.0 Å². The van der Waals surface area contributed by atoms with Crippen molar-refractivity contribution in [1.29, 1.82) is 0 Å². The van der Waals surface area contributed by atoms with Gasteiger partial charge in [0.15, 0.2) is 0 Å². The molecule has 126 valence electrons. The number of aliphatic imine (C=N–C) groups is 1. The van der Waals surface area contributed by atoms with E-state index < -0.39 is 17.9 Å². The molecule has 0 fully saturated rings. The maximum Gasteiger partial charge on any atom is 0.314 e. The topological polar surface area (TPSA) is 93.3 Å². The van der Waals surface area contributed by atoms with Crippen LogP contribution in [0.15, 0.2) is 41.4 Å². The quantitative estimate of drug-likeness (QED) is 0.758. The molecule has 25 heavy (non-hydrogen) atoms. The monoisotopic (exact) mass is 373 g/mol. The lowest BCUT2D eigenvalue weighted by molar-refractivity contribution is -0.140.